The van der Waals surface area contributed by atoms with Gasteiger partial charge in [-0.2, -0.15) is 5.10 Å². The second-order valence-electron chi connectivity index (χ2n) is 5.00. The predicted molar refractivity (Wildman–Crippen MR) is 83.8 cm³/mol. The average molecular weight is 297 g/mol. The second-order valence-corrected chi connectivity index (χ2v) is 5.87. The first kappa shape index (κ1) is 12.6. The first-order valence-electron chi connectivity index (χ1n) is 6.86. The number of imidazole rings is 1. The number of hydrogen-bond donors (Lipinski definition) is 1. The van der Waals surface area contributed by atoms with Gasteiger partial charge in [0.2, 0.25) is 0 Å². The monoisotopic (exact) mass is 297 g/mol. The zero-order valence-corrected chi connectivity index (χ0v) is 12.4. The molecule has 0 bridgehead atoms. The average Bonchev–Trinajstić information content (AvgIpc) is 3.18. The minimum absolute atomic E-state index is 0.203. The summed E-state index contributed by atoms with van der Waals surface area (Å²) in [6.07, 6.45) is 8.90. The van der Waals surface area contributed by atoms with Crippen LogP contribution < -0.4 is 5.32 Å². The van der Waals surface area contributed by atoms with Gasteiger partial charge in [0.25, 0.3) is 0 Å². The lowest BCUT2D eigenvalue weighted by atomic mass is 10.0. The largest absolute Gasteiger partial charge is 0.313 e. The molecule has 0 aromatic carbocycles. The molecule has 0 fully saturated rings. The van der Waals surface area contributed by atoms with Gasteiger partial charge in [0.1, 0.15) is 0 Å². The van der Waals surface area contributed by atoms with Crippen molar-refractivity contribution in [3.05, 3.63) is 59.6 Å². The van der Waals surface area contributed by atoms with E-state index in [0.29, 0.717) is 0 Å². The minimum Gasteiger partial charge on any atom is -0.313 e. The van der Waals surface area contributed by atoms with Crippen LogP contribution in [-0.4, -0.2) is 26.0 Å². The standard InChI is InChI=1S/C15H15N5S/c1-16-13(8-11-10-19-6-7-21-15(19)18-11)12-9-17-20-5-3-2-4-14(12)20/h2-7,9-10,13,16H,8H2,1H3. The van der Waals surface area contributed by atoms with Crippen molar-refractivity contribution in [1.29, 1.82) is 0 Å². The maximum atomic E-state index is 4.66. The molecule has 4 heterocycles. The molecule has 0 amide bonds. The summed E-state index contributed by atoms with van der Waals surface area (Å²) in [5, 5.41) is 9.85. The van der Waals surface area contributed by atoms with Crippen LogP contribution in [0.4, 0.5) is 0 Å². The molecule has 106 valence electrons. The minimum atomic E-state index is 0.203. The molecule has 0 aliphatic carbocycles. The molecule has 0 radical (unpaired) electrons. The van der Waals surface area contributed by atoms with Crippen molar-refractivity contribution in [2.24, 2.45) is 0 Å². The Hall–Kier alpha value is -2.18. The van der Waals surface area contributed by atoms with E-state index >= 15 is 0 Å². The van der Waals surface area contributed by atoms with E-state index in [9.17, 15) is 0 Å². The Bertz CT molecular complexity index is 859. The van der Waals surface area contributed by atoms with Gasteiger partial charge in [-0.1, -0.05) is 6.07 Å². The van der Waals surface area contributed by atoms with Crippen LogP contribution in [0.25, 0.3) is 10.5 Å². The van der Waals surface area contributed by atoms with Crippen molar-refractivity contribution < 1.29 is 0 Å². The first-order valence-corrected chi connectivity index (χ1v) is 7.74. The van der Waals surface area contributed by atoms with E-state index in [1.54, 1.807) is 11.3 Å². The van der Waals surface area contributed by atoms with Crippen LogP contribution in [0.5, 0.6) is 0 Å². The summed E-state index contributed by atoms with van der Waals surface area (Å²) in [7, 11) is 1.98. The van der Waals surface area contributed by atoms with Crippen molar-refractivity contribution >= 4 is 21.8 Å². The molecule has 1 atom stereocenters. The molecule has 5 nitrogen and oxygen atoms in total. The molecule has 4 aromatic heterocycles. The quantitative estimate of drug-likeness (QED) is 0.630. The van der Waals surface area contributed by atoms with Crippen molar-refractivity contribution in [3.8, 4) is 0 Å². The summed E-state index contributed by atoms with van der Waals surface area (Å²) in [4.78, 5) is 5.71. The molecule has 6 heteroatoms. The topological polar surface area (TPSA) is 46.6 Å². The Morgan fingerprint density at radius 1 is 1.33 bits per heavy atom. The molecule has 4 aromatic rings. The normalized spacial score (nSPS) is 13.2. The summed E-state index contributed by atoms with van der Waals surface area (Å²) >= 11 is 1.66. The highest BCUT2D eigenvalue weighted by molar-refractivity contribution is 7.15. The first-order chi connectivity index (χ1) is 10.3. The number of nitrogens with zero attached hydrogens (tertiary/aromatic N) is 4. The molecular formula is C15H15N5S. The van der Waals surface area contributed by atoms with Gasteiger partial charge >= 0.3 is 0 Å². The van der Waals surface area contributed by atoms with E-state index in [1.807, 2.05) is 47.7 Å². The van der Waals surface area contributed by atoms with E-state index in [-0.39, 0.29) is 6.04 Å². The maximum absolute atomic E-state index is 4.66. The van der Waals surface area contributed by atoms with Crippen LogP contribution >= 0.6 is 11.3 Å². The van der Waals surface area contributed by atoms with Gasteiger partial charge < -0.3 is 5.32 Å². The Balaban J connectivity index is 1.69. The number of pyridine rings is 1. The molecule has 1 unspecified atom stereocenters. The van der Waals surface area contributed by atoms with Gasteiger partial charge in [0.05, 0.1) is 17.4 Å². The number of fused-ring (bicyclic) bond motifs is 2. The fourth-order valence-electron chi connectivity index (χ4n) is 2.67. The Kier molecular flexibility index (Phi) is 2.98. The molecule has 0 spiro atoms. The van der Waals surface area contributed by atoms with Crippen molar-refractivity contribution in [3.63, 3.8) is 0 Å². The SMILES string of the molecule is CNC(Cc1cn2ccsc2n1)c1cnn2ccccc12. The number of nitrogens with one attached hydrogen (secondary N) is 1. The van der Waals surface area contributed by atoms with E-state index < -0.39 is 0 Å². The number of thiazole rings is 1. The summed E-state index contributed by atoms with van der Waals surface area (Å²) in [5.74, 6) is 0. The lowest BCUT2D eigenvalue weighted by Gasteiger charge is -2.13. The highest BCUT2D eigenvalue weighted by atomic mass is 32.1. The number of aromatic nitrogens is 4. The lowest BCUT2D eigenvalue weighted by Crippen LogP contribution is -2.18. The number of likely N-dealkylation sites (N-methyl/N-ethyl adjacent to an activating group) is 1. The summed E-state index contributed by atoms with van der Waals surface area (Å²) in [6, 6.07) is 6.33. The highest BCUT2D eigenvalue weighted by Gasteiger charge is 2.17. The summed E-state index contributed by atoms with van der Waals surface area (Å²) < 4.78 is 3.98. The number of rotatable bonds is 4. The van der Waals surface area contributed by atoms with Crippen LogP contribution in [0, 0.1) is 0 Å². The fraction of sp³-hybridized carbons (Fsp3) is 0.200. The molecule has 0 saturated heterocycles. The van der Waals surface area contributed by atoms with Crippen molar-refractivity contribution in [2.45, 2.75) is 12.5 Å². The summed E-state index contributed by atoms with van der Waals surface area (Å²) in [5.41, 5.74) is 3.43. The zero-order chi connectivity index (χ0) is 14.2. The van der Waals surface area contributed by atoms with E-state index in [1.165, 1.54) is 5.56 Å². The van der Waals surface area contributed by atoms with Gasteiger partial charge in [-0.15, -0.1) is 11.3 Å². The van der Waals surface area contributed by atoms with E-state index in [0.717, 1.165) is 22.6 Å². The zero-order valence-electron chi connectivity index (χ0n) is 11.6. The highest BCUT2D eigenvalue weighted by Crippen LogP contribution is 2.23. The van der Waals surface area contributed by atoms with Crippen LogP contribution in [0.2, 0.25) is 0 Å². The number of hydrogen-bond acceptors (Lipinski definition) is 4. The molecule has 0 saturated carbocycles. The van der Waals surface area contributed by atoms with Crippen LogP contribution in [0.3, 0.4) is 0 Å². The van der Waals surface area contributed by atoms with Gasteiger partial charge in [0.15, 0.2) is 4.96 Å². The molecule has 1 N–H and O–H groups in total. The molecule has 21 heavy (non-hydrogen) atoms. The molecule has 0 aliphatic heterocycles. The van der Waals surface area contributed by atoms with Crippen molar-refractivity contribution in [2.75, 3.05) is 7.05 Å². The maximum Gasteiger partial charge on any atom is 0.193 e. The van der Waals surface area contributed by atoms with Gasteiger partial charge in [-0.3, -0.25) is 4.40 Å². The van der Waals surface area contributed by atoms with Crippen molar-refractivity contribution in [1.82, 2.24) is 24.3 Å². The third-order valence-corrected chi connectivity index (χ3v) is 4.51. The third-order valence-electron chi connectivity index (χ3n) is 3.74. The predicted octanol–water partition coefficient (Wildman–Crippen LogP) is 2.55. The summed E-state index contributed by atoms with van der Waals surface area (Å²) in [6.45, 7) is 0. The van der Waals surface area contributed by atoms with Crippen LogP contribution in [0.1, 0.15) is 17.3 Å². The van der Waals surface area contributed by atoms with Gasteiger partial charge in [0, 0.05) is 42.0 Å². The van der Waals surface area contributed by atoms with E-state index in [2.05, 4.69) is 32.1 Å². The van der Waals surface area contributed by atoms with Gasteiger partial charge in [-0.05, 0) is 19.2 Å². The van der Waals surface area contributed by atoms with Gasteiger partial charge in [-0.25, -0.2) is 9.50 Å². The Labute approximate surface area is 125 Å². The Morgan fingerprint density at radius 3 is 3.14 bits per heavy atom. The molecule has 0 aliphatic rings. The third kappa shape index (κ3) is 2.12. The van der Waals surface area contributed by atoms with Crippen LogP contribution in [-0.2, 0) is 6.42 Å². The Morgan fingerprint density at radius 2 is 2.29 bits per heavy atom. The fourth-order valence-corrected chi connectivity index (χ4v) is 3.39. The van der Waals surface area contributed by atoms with Crippen LogP contribution in [0.15, 0.2) is 48.4 Å². The molecule has 4 rings (SSSR count). The smallest absolute Gasteiger partial charge is 0.193 e. The molecular weight excluding hydrogens is 282 g/mol. The lowest BCUT2D eigenvalue weighted by molar-refractivity contribution is 0.590. The second kappa shape index (κ2) is 4.98. The van der Waals surface area contributed by atoms with E-state index in [4.69, 9.17) is 0 Å².